The smallest absolute Gasteiger partial charge is 0.0910 e. The van der Waals surface area contributed by atoms with Crippen LogP contribution in [-0.4, -0.2) is 5.11 Å². The van der Waals surface area contributed by atoms with Gasteiger partial charge >= 0.3 is 0 Å². The van der Waals surface area contributed by atoms with Crippen molar-refractivity contribution in [3.63, 3.8) is 0 Å². The lowest BCUT2D eigenvalue weighted by atomic mass is 9.64. The van der Waals surface area contributed by atoms with E-state index in [1.165, 1.54) is 4.88 Å². The van der Waals surface area contributed by atoms with Crippen molar-refractivity contribution in [1.82, 2.24) is 0 Å². The lowest BCUT2D eigenvalue weighted by Gasteiger charge is -2.45. The van der Waals surface area contributed by atoms with Gasteiger partial charge in [0, 0.05) is 4.88 Å². The molecule has 1 aromatic heterocycles. The number of thiophene rings is 1. The lowest BCUT2D eigenvalue weighted by molar-refractivity contribution is -0.0931. The highest BCUT2D eigenvalue weighted by Gasteiger charge is 2.45. The zero-order valence-electron chi connectivity index (χ0n) is 9.08. The van der Waals surface area contributed by atoms with Crippen LogP contribution in [0.5, 0.6) is 0 Å². The fourth-order valence-electron chi connectivity index (χ4n) is 2.20. The maximum atomic E-state index is 10.3. The van der Waals surface area contributed by atoms with E-state index >= 15 is 0 Å². The fourth-order valence-corrected chi connectivity index (χ4v) is 3.00. The van der Waals surface area contributed by atoms with Crippen molar-refractivity contribution in [3.8, 4) is 0 Å². The average molecular weight is 210 g/mol. The Morgan fingerprint density at radius 3 is 2.57 bits per heavy atom. The van der Waals surface area contributed by atoms with Gasteiger partial charge in [-0.25, -0.2) is 0 Å². The summed E-state index contributed by atoms with van der Waals surface area (Å²) < 4.78 is 0. The number of rotatable bonds is 2. The molecule has 1 aliphatic carbocycles. The Balaban J connectivity index is 2.07. The number of aliphatic hydroxyl groups is 1. The molecule has 0 atom stereocenters. The molecular formula is C12H18OS. The van der Waals surface area contributed by atoms with Crippen LogP contribution in [0.25, 0.3) is 0 Å². The predicted octanol–water partition coefficient (Wildman–Crippen LogP) is 3.31. The van der Waals surface area contributed by atoms with Crippen LogP contribution < -0.4 is 0 Å². The first kappa shape index (κ1) is 10.2. The van der Waals surface area contributed by atoms with E-state index in [2.05, 4.69) is 32.2 Å². The quantitative estimate of drug-likeness (QED) is 0.794. The molecule has 1 aliphatic rings. The second-order valence-electron chi connectivity index (χ2n) is 4.89. The molecule has 2 heteroatoms. The van der Waals surface area contributed by atoms with Gasteiger partial charge in [-0.3, -0.25) is 0 Å². The Morgan fingerprint density at radius 2 is 2.14 bits per heavy atom. The topological polar surface area (TPSA) is 20.2 Å². The standard InChI is InChI=1S/C12H18OS/c1-8(2)10-5-12(13,6-10)11-4-9(3)14-7-11/h4,7-8,10,13H,5-6H2,1-3H3. The summed E-state index contributed by atoms with van der Waals surface area (Å²) in [5.74, 6) is 1.41. The highest BCUT2D eigenvalue weighted by molar-refractivity contribution is 7.10. The maximum absolute atomic E-state index is 10.3. The number of hydrogen-bond acceptors (Lipinski definition) is 2. The maximum Gasteiger partial charge on any atom is 0.0910 e. The first-order chi connectivity index (χ1) is 6.51. The first-order valence-electron chi connectivity index (χ1n) is 5.29. The van der Waals surface area contributed by atoms with E-state index in [0.717, 1.165) is 18.4 Å². The van der Waals surface area contributed by atoms with E-state index in [-0.39, 0.29) is 0 Å². The summed E-state index contributed by atoms with van der Waals surface area (Å²) in [4.78, 5) is 1.29. The molecule has 0 radical (unpaired) electrons. The molecule has 78 valence electrons. The Morgan fingerprint density at radius 1 is 1.50 bits per heavy atom. The highest BCUT2D eigenvalue weighted by Crippen LogP contribution is 2.49. The van der Waals surface area contributed by atoms with Crippen molar-refractivity contribution < 1.29 is 5.11 Å². The van der Waals surface area contributed by atoms with E-state index < -0.39 is 5.60 Å². The molecular weight excluding hydrogens is 192 g/mol. The van der Waals surface area contributed by atoms with Crippen LogP contribution in [0.4, 0.5) is 0 Å². The van der Waals surface area contributed by atoms with E-state index in [1.807, 2.05) is 0 Å². The second-order valence-corrected chi connectivity index (χ2v) is 6.01. The van der Waals surface area contributed by atoms with Crippen LogP contribution in [0.1, 0.15) is 37.1 Å². The molecule has 0 amide bonds. The zero-order valence-corrected chi connectivity index (χ0v) is 9.90. The SMILES string of the molecule is Cc1cc(C2(O)CC(C(C)C)C2)cs1. The van der Waals surface area contributed by atoms with E-state index in [0.29, 0.717) is 11.8 Å². The largest absolute Gasteiger partial charge is 0.385 e. The average Bonchev–Trinajstić information content (AvgIpc) is 2.45. The van der Waals surface area contributed by atoms with Crippen molar-refractivity contribution in [3.05, 3.63) is 21.9 Å². The molecule has 1 fully saturated rings. The van der Waals surface area contributed by atoms with Crippen LogP contribution >= 0.6 is 11.3 Å². The van der Waals surface area contributed by atoms with Gasteiger partial charge in [-0.1, -0.05) is 13.8 Å². The molecule has 0 saturated heterocycles. The van der Waals surface area contributed by atoms with Crippen molar-refractivity contribution in [2.24, 2.45) is 11.8 Å². The first-order valence-corrected chi connectivity index (χ1v) is 6.17. The van der Waals surface area contributed by atoms with Crippen LogP contribution in [0.3, 0.4) is 0 Å². The normalized spacial score (nSPS) is 31.9. The van der Waals surface area contributed by atoms with E-state index in [9.17, 15) is 5.11 Å². The minimum atomic E-state index is -0.500. The summed E-state index contributed by atoms with van der Waals surface area (Å²) in [5.41, 5.74) is 0.636. The van der Waals surface area contributed by atoms with Crippen LogP contribution in [0.2, 0.25) is 0 Å². The molecule has 14 heavy (non-hydrogen) atoms. The summed E-state index contributed by atoms with van der Waals surface area (Å²) in [5, 5.41) is 12.4. The predicted molar refractivity (Wildman–Crippen MR) is 60.5 cm³/mol. The van der Waals surface area contributed by atoms with Gasteiger partial charge in [0.1, 0.15) is 0 Å². The summed E-state index contributed by atoms with van der Waals surface area (Å²) in [6.45, 7) is 6.57. The second kappa shape index (κ2) is 3.35. The van der Waals surface area contributed by atoms with Crippen LogP contribution in [-0.2, 0) is 5.60 Å². The Labute approximate surface area is 89.8 Å². The van der Waals surface area contributed by atoms with Gasteiger partial charge < -0.3 is 5.11 Å². The molecule has 2 rings (SSSR count). The molecule has 1 nitrogen and oxygen atoms in total. The van der Waals surface area contributed by atoms with Gasteiger partial charge in [0.15, 0.2) is 0 Å². The van der Waals surface area contributed by atoms with Gasteiger partial charge in [0.05, 0.1) is 5.60 Å². The van der Waals surface area contributed by atoms with Crippen molar-refractivity contribution >= 4 is 11.3 Å². The van der Waals surface area contributed by atoms with Crippen LogP contribution in [0, 0.1) is 18.8 Å². The molecule has 1 heterocycles. The molecule has 0 aromatic carbocycles. The summed E-state index contributed by atoms with van der Waals surface area (Å²) in [6, 6.07) is 2.13. The third kappa shape index (κ3) is 1.61. The monoisotopic (exact) mass is 210 g/mol. The summed E-state index contributed by atoms with van der Waals surface area (Å²) >= 11 is 1.73. The molecule has 1 aromatic rings. The van der Waals surface area contributed by atoms with Crippen molar-refractivity contribution in [2.45, 2.75) is 39.2 Å². The molecule has 0 unspecified atom stereocenters. The third-order valence-electron chi connectivity index (χ3n) is 3.41. The summed E-state index contributed by atoms with van der Waals surface area (Å²) in [6.07, 6.45) is 1.89. The molecule has 0 bridgehead atoms. The third-order valence-corrected chi connectivity index (χ3v) is 4.27. The Hall–Kier alpha value is -0.340. The molecule has 0 spiro atoms. The van der Waals surface area contributed by atoms with Gasteiger partial charge in [0.25, 0.3) is 0 Å². The summed E-state index contributed by atoms with van der Waals surface area (Å²) in [7, 11) is 0. The van der Waals surface area contributed by atoms with Crippen molar-refractivity contribution in [2.75, 3.05) is 0 Å². The minimum absolute atomic E-state index is 0.500. The number of hydrogen-bond donors (Lipinski definition) is 1. The highest BCUT2D eigenvalue weighted by atomic mass is 32.1. The number of aryl methyl sites for hydroxylation is 1. The fraction of sp³-hybridized carbons (Fsp3) is 0.667. The molecule has 1 saturated carbocycles. The van der Waals surface area contributed by atoms with E-state index in [4.69, 9.17) is 0 Å². The zero-order chi connectivity index (χ0) is 10.3. The van der Waals surface area contributed by atoms with Gasteiger partial charge in [-0.2, -0.15) is 0 Å². The van der Waals surface area contributed by atoms with Gasteiger partial charge in [-0.05, 0) is 48.6 Å². The molecule has 0 aliphatic heterocycles. The van der Waals surface area contributed by atoms with Gasteiger partial charge in [0.2, 0.25) is 0 Å². The Kier molecular flexibility index (Phi) is 2.44. The molecule has 1 N–H and O–H groups in total. The minimum Gasteiger partial charge on any atom is -0.385 e. The van der Waals surface area contributed by atoms with Crippen molar-refractivity contribution in [1.29, 1.82) is 0 Å². The lowest BCUT2D eigenvalue weighted by Crippen LogP contribution is -2.42. The van der Waals surface area contributed by atoms with E-state index in [1.54, 1.807) is 11.3 Å². The Bertz CT molecular complexity index is 321. The van der Waals surface area contributed by atoms with Crippen LogP contribution in [0.15, 0.2) is 11.4 Å². The van der Waals surface area contributed by atoms with Gasteiger partial charge in [-0.15, -0.1) is 11.3 Å².